The Morgan fingerprint density at radius 3 is 2.84 bits per heavy atom. The van der Waals surface area contributed by atoms with Crippen LogP contribution in [0.1, 0.15) is 89.0 Å². The van der Waals surface area contributed by atoms with Crippen LogP contribution in [0, 0.1) is 18.8 Å². The molecule has 37 heavy (non-hydrogen) atoms. The molecule has 1 aromatic heterocycles. The molecule has 0 radical (unpaired) electrons. The summed E-state index contributed by atoms with van der Waals surface area (Å²) in [6.07, 6.45) is 9.55. The first-order chi connectivity index (χ1) is 17.7. The van der Waals surface area contributed by atoms with Crippen LogP contribution in [0.4, 0.5) is 4.79 Å². The Labute approximate surface area is 229 Å². The van der Waals surface area contributed by atoms with Gasteiger partial charge in [0.1, 0.15) is 5.60 Å². The fraction of sp³-hybridized carbons (Fsp3) is 0.724. The zero-order valence-electron chi connectivity index (χ0n) is 22.8. The molecule has 1 saturated carbocycles. The SMILES string of the molecule is Cc1cc2c(cnn2C2CCCCO2)c(Br)c1[C@@H]1C[C@@H]1COCC[C@@H]1CCCN(C(=O)OC(C)(C)C)C1. The van der Waals surface area contributed by atoms with Crippen LogP contribution in [0.2, 0.25) is 0 Å². The number of amides is 1. The van der Waals surface area contributed by atoms with Gasteiger partial charge in [-0.2, -0.15) is 5.10 Å². The van der Waals surface area contributed by atoms with Crippen molar-refractivity contribution in [1.82, 2.24) is 14.7 Å². The summed E-state index contributed by atoms with van der Waals surface area (Å²) in [5, 5.41) is 5.88. The van der Waals surface area contributed by atoms with E-state index in [0.717, 1.165) is 70.5 Å². The van der Waals surface area contributed by atoms with E-state index in [4.69, 9.17) is 19.3 Å². The number of ether oxygens (including phenoxy) is 3. The molecule has 1 amide bonds. The summed E-state index contributed by atoms with van der Waals surface area (Å²) in [5.74, 6) is 1.58. The summed E-state index contributed by atoms with van der Waals surface area (Å²) in [5.41, 5.74) is 3.43. The second-order valence-electron chi connectivity index (χ2n) is 12.2. The number of carbonyl (C=O) groups excluding carboxylic acids is 1. The third kappa shape index (κ3) is 6.34. The van der Waals surface area contributed by atoms with Crippen molar-refractivity contribution in [3.05, 3.63) is 27.9 Å². The Morgan fingerprint density at radius 1 is 1.24 bits per heavy atom. The molecule has 5 rings (SSSR count). The van der Waals surface area contributed by atoms with E-state index in [0.29, 0.717) is 17.8 Å². The first-order valence-corrected chi connectivity index (χ1v) is 14.8. The van der Waals surface area contributed by atoms with E-state index >= 15 is 0 Å². The maximum Gasteiger partial charge on any atom is 0.410 e. The van der Waals surface area contributed by atoms with Gasteiger partial charge < -0.3 is 19.1 Å². The summed E-state index contributed by atoms with van der Waals surface area (Å²) in [4.78, 5) is 14.3. The van der Waals surface area contributed by atoms with Crippen molar-refractivity contribution in [2.45, 2.75) is 90.4 Å². The molecule has 1 unspecified atom stereocenters. The molecule has 3 aliphatic rings. The topological polar surface area (TPSA) is 65.8 Å². The van der Waals surface area contributed by atoms with Gasteiger partial charge in [0, 0.05) is 42.8 Å². The van der Waals surface area contributed by atoms with Gasteiger partial charge >= 0.3 is 6.09 Å². The van der Waals surface area contributed by atoms with Crippen molar-refractivity contribution < 1.29 is 19.0 Å². The van der Waals surface area contributed by atoms with E-state index in [-0.39, 0.29) is 12.3 Å². The number of nitrogens with zero attached hydrogens (tertiary/aromatic N) is 3. The Balaban J connectivity index is 1.11. The molecule has 3 fully saturated rings. The van der Waals surface area contributed by atoms with E-state index in [9.17, 15) is 4.79 Å². The Morgan fingerprint density at radius 2 is 2.08 bits per heavy atom. The number of piperidine rings is 1. The van der Waals surface area contributed by atoms with Crippen LogP contribution in [0.3, 0.4) is 0 Å². The second-order valence-corrected chi connectivity index (χ2v) is 13.0. The first-order valence-electron chi connectivity index (χ1n) is 14.0. The maximum atomic E-state index is 12.4. The van der Waals surface area contributed by atoms with Crippen LogP contribution in [0.25, 0.3) is 10.9 Å². The molecule has 3 heterocycles. The average Bonchev–Trinajstić information content (AvgIpc) is 3.48. The minimum atomic E-state index is -0.448. The largest absolute Gasteiger partial charge is 0.444 e. The van der Waals surface area contributed by atoms with Crippen molar-refractivity contribution >= 4 is 32.9 Å². The summed E-state index contributed by atoms with van der Waals surface area (Å²) >= 11 is 3.93. The highest BCUT2D eigenvalue weighted by atomic mass is 79.9. The van der Waals surface area contributed by atoms with Crippen molar-refractivity contribution in [2.24, 2.45) is 11.8 Å². The molecule has 204 valence electrons. The predicted octanol–water partition coefficient (Wildman–Crippen LogP) is 6.96. The summed E-state index contributed by atoms with van der Waals surface area (Å²) in [6, 6.07) is 2.29. The summed E-state index contributed by atoms with van der Waals surface area (Å²) in [6.45, 7) is 11.9. The minimum Gasteiger partial charge on any atom is -0.444 e. The van der Waals surface area contributed by atoms with Crippen LogP contribution < -0.4 is 0 Å². The molecule has 2 saturated heterocycles. The highest BCUT2D eigenvalue weighted by Gasteiger charge is 2.41. The van der Waals surface area contributed by atoms with Crippen LogP contribution in [-0.2, 0) is 14.2 Å². The maximum absolute atomic E-state index is 12.4. The molecule has 0 N–H and O–H groups in total. The van der Waals surface area contributed by atoms with Crippen molar-refractivity contribution in [2.75, 3.05) is 32.9 Å². The van der Waals surface area contributed by atoms with Gasteiger partial charge in [-0.1, -0.05) is 0 Å². The van der Waals surface area contributed by atoms with Gasteiger partial charge in [-0.25, -0.2) is 9.48 Å². The number of carbonyl (C=O) groups is 1. The molecule has 2 aromatic rings. The lowest BCUT2D eigenvalue weighted by atomic mass is 9.95. The van der Waals surface area contributed by atoms with E-state index in [2.05, 4.69) is 33.6 Å². The lowest BCUT2D eigenvalue weighted by Crippen LogP contribution is -2.43. The van der Waals surface area contributed by atoms with Gasteiger partial charge in [-0.15, -0.1) is 0 Å². The number of fused-ring (bicyclic) bond motifs is 1. The third-order valence-electron chi connectivity index (χ3n) is 7.98. The van der Waals surface area contributed by atoms with Crippen LogP contribution >= 0.6 is 15.9 Å². The molecule has 0 bridgehead atoms. The normalized spacial score (nSPS) is 26.5. The number of aromatic nitrogens is 2. The van der Waals surface area contributed by atoms with Crippen molar-refractivity contribution in [1.29, 1.82) is 0 Å². The number of likely N-dealkylation sites (tertiary alicyclic amines) is 1. The summed E-state index contributed by atoms with van der Waals surface area (Å²) < 4.78 is 21.0. The van der Waals surface area contributed by atoms with E-state index < -0.39 is 5.60 Å². The van der Waals surface area contributed by atoms with E-state index in [1.165, 1.54) is 33.8 Å². The number of hydrogen-bond acceptors (Lipinski definition) is 5. The molecule has 1 aliphatic carbocycles. The van der Waals surface area contributed by atoms with Gasteiger partial charge in [0.15, 0.2) is 6.23 Å². The minimum absolute atomic E-state index is 0.0471. The van der Waals surface area contributed by atoms with E-state index in [1.54, 1.807) is 0 Å². The second kappa shape index (κ2) is 11.2. The quantitative estimate of drug-likeness (QED) is 0.334. The van der Waals surface area contributed by atoms with Crippen molar-refractivity contribution in [3.63, 3.8) is 0 Å². The Hall–Kier alpha value is -1.64. The lowest BCUT2D eigenvalue weighted by Gasteiger charge is -2.34. The zero-order chi connectivity index (χ0) is 26.2. The van der Waals surface area contributed by atoms with E-state index in [1.807, 2.05) is 31.9 Å². The predicted molar refractivity (Wildman–Crippen MR) is 148 cm³/mol. The van der Waals surface area contributed by atoms with Gasteiger partial charge in [0.25, 0.3) is 0 Å². The number of aryl methyl sites for hydroxylation is 1. The fourth-order valence-corrected chi connectivity index (χ4v) is 6.86. The zero-order valence-corrected chi connectivity index (χ0v) is 24.4. The van der Waals surface area contributed by atoms with Gasteiger partial charge in [-0.05, 0) is 124 Å². The molecule has 2 aliphatic heterocycles. The number of halogens is 1. The molecule has 4 atom stereocenters. The number of hydrogen-bond donors (Lipinski definition) is 0. The Kier molecular flexibility index (Phi) is 8.18. The van der Waals surface area contributed by atoms with Crippen molar-refractivity contribution in [3.8, 4) is 0 Å². The van der Waals surface area contributed by atoms with Crippen LogP contribution in [-0.4, -0.2) is 59.3 Å². The van der Waals surface area contributed by atoms with Gasteiger partial charge in [-0.3, -0.25) is 0 Å². The molecule has 7 nitrogen and oxygen atoms in total. The Bertz CT molecular complexity index is 1100. The highest BCUT2D eigenvalue weighted by molar-refractivity contribution is 9.10. The van der Waals surface area contributed by atoms with Gasteiger partial charge in [0.05, 0.1) is 11.7 Å². The third-order valence-corrected chi connectivity index (χ3v) is 8.83. The van der Waals surface area contributed by atoms with Gasteiger partial charge in [0.2, 0.25) is 0 Å². The van der Waals surface area contributed by atoms with Crippen LogP contribution in [0.15, 0.2) is 16.7 Å². The number of benzene rings is 1. The summed E-state index contributed by atoms with van der Waals surface area (Å²) in [7, 11) is 0. The number of rotatable bonds is 7. The average molecular weight is 577 g/mol. The fourth-order valence-electron chi connectivity index (χ4n) is 5.95. The standard InChI is InChI=1S/C29H42BrN3O4/c1-19-14-24-23(16-31-33(24)25-9-5-6-12-36-25)27(30)26(19)22-15-21(22)18-35-13-10-20-8-7-11-32(17-20)28(34)37-29(2,3)4/h14,16,20-22,25H,5-13,15,17-18H2,1-4H3/t20-,21+,22+,25?/m0/s1. The molecular weight excluding hydrogens is 534 g/mol. The highest BCUT2D eigenvalue weighted by Crippen LogP contribution is 2.52. The molecule has 1 aromatic carbocycles. The molecular formula is C29H42BrN3O4. The smallest absolute Gasteiger partial charge is 0.410 e. The van der Waals surface area contributed by atoms with Crippen LogP contribution in [0.5, 0.6) is 0 Å². The first kappa shape index (κ1) is 26.9. The molecule has 8 heteroatoms. The lowest BCUT2D eigenvalue weighted by molar-refractivity contribution is -0.0366. The molecule has 0 spiro atoms. The monoisotopic (exact) mass is 575 g/mol.